The molecule has 3 heteroatoms. The van der Waals surface area contributed by atoms with E-state index in [9.17, 15) is 0 Å². The Kier molecular flexibility index (Phi) is 5.80. The van der Waals surface area contributed by atoms with Crippen molar-refractivity contribution in [3.05, 3.63) is 15.6 Å². The summed E-state index contributed by atoms with van der Waals surface area (Å²) >= 11 is 1.86. The van der Waals surface area contributed by atoms with Crippen molar-refractivity contribution in [2.75, 3.05) is 6.54 Å². The normalized spacial score (nSPS) is 15.1. The molecule has 0 saturated heterocycles. The number of rotatable bonds is 7. The molecular formula is C15H28N2S. The van der Waals surface area contributed by atoms with Crippen molar-refractivity contribution in [2.45, 2.75) is 66.3 Å². The maximum atomic E-state index is 4.86. The highest BCUT2D eigenvalue weighted by Gasteiger charge is 2.30. The number of nitrogens with one attached hydrogen (secondary N) is 1. The third-order valence-electron chi connectivity index (χ3n) is 3.28. The van der Waals surface area contributed by atoms with Gasteiger partial charge in [-0.25, -0.2) is 4.98 Å². The fourth-order valence-corrected chi connectivity index (χ4v) is 3.58. The molecule has 0 amide bonds. The van der Waals surface area contributed by atoms with E-state index in [0.29, 0.717) is 5.92 Å². The van der Waals surface area contributed by atoms with Crippen molar-refractivity contribution < 1.29 is 0 Å². The Bertz CT molecular complexity index is 371. The van der Waals surface area contributed by atoms with E-state index in [1.807, 2.05) is 11.3 Å². The number of hydrogen-bond donors (Lipinski definition) is 1. The van der Waals surface area contributed by atoms with Crippen LogP contribution in [-0.2, 0) is 12.0 Å². The fraction of sp³-hybridized carbons (Fsp3) is 0.800. The largest absolute Gasteiger partial charge is 0.306 e. The van der Waals surface area contributed by atoms with Crippen molar-refractivity contribution in [1.29, 1.82) is 0 Å². The Labute approximate surface area is 116 Å². The second-order valence-electron chi connectivity index (χ2n) is 5.73. The molecule has 1 atom stereocenters. The quantitative estimate of drug-likeness (QED) is 0.798. The van der Waals surface area contributed by atoms with E-state index in [4.69, 9.17) is 4.98 Å². The van der Waals surface area contributed by atoms with Gasteiger partial charge in [0.2, 0.25) is 0 Å². The maximum absolute atomic E-state index is 4.86. The van der Waals surface area contributed by atoms with Crippen molar-refractivity contribution in [3.8, 4) is 0 Å². The Morgan fingerprint density at radius 1 is 1.33 bits per heavy atom. The lowest BCUT2D eigenvalue weighted by Crippen LogP contribution is -2.41. The smallest absolute Gasteiger partial charge is 0.113 e. The van der Waals surface area contributed by atoms with Gasteiger partial charge in [-0.2, -0.15) is 0 Å². The molecule has 0 radical (unpaired) electrons. The highest BCUT2D eigenvalue weighted by molar-refractivity contribution is 7.11. The number of thiazole rings is 1. The molecule has 0 aliphatic carbocycles. The average molecular weight is 268 g/mol. The molecular weight excluding hydrogens is 240 g/mol. The zero-order valence-electron chi connectivity index (χ0n) is 12.8. The second kappa shape index (κ2) is 6.67. The van der Waals surface area contributed by atoms with E-state index >= 15 is 0 Å². The summed E-state index contributed by atoms with van der Waals surface area (Å²) in [4.78, 5) is 6.24. The van der Waals surface area contributed by atoms with Gasteiger partial charge >= 0.3 is 0 Å². The number of aromatic nitrogens is 1. The minimum Gasteiger partial charge on any atom is -0.306 e. The molecule has 18 heavy (non-hydrogen) atoms. The molecule has 0 bridgehead atoms. The highest BCUT2D eigenvalue weighted by Crippen LogP contribution is 2.33. The number of nitrogens with zero attached hydrogens (tertiary/aromatic N) is 1. The molecule has 0 saturated carbocycles. The second-order valence-corrected chi connectivity index (χ2v) is 6.94. The zero-order valence-corrected chi connectivity index (χ0v) is 13.6. The minimum atomic E-state index is 0.0347. The summed E-state index contributed by atoms with van der Waals surface area (Å²) in [5.74, 6) is 0.675. The summed E-state index contributed by atoms with van der Waals surface area (Å²) in [6.07, 6.45) is 3.34. The first kappa shape index (κ1) is 15.6. The summed E-state index contributed by atoms with van der Waals surface area (Å²) in [7, 11) is 0. The van der Waals surface area contributed by atoms with Crippen molar-refractivity contribution in [2.24, 2.45) is 5.92 Å². The van der Waals surface area contributed by atoms with Crippen LogP contribution in [0.4, 0.5) is 0 Å². The van der Waals surface area contributed by atoms with Crippen LogP contribution in [0.5, 0.6) is 0 Å². The zero-order chi connectivity index (χ0) is 13.8. The van der Waals surface area contributed by atoms with Gasteiger partial charge in [-0.3, -0.25) is 0 Å². The first-order valence-corrected chi connectivity index (χ1v) is 7.96. The van der Waals surface area contributed by atoms with Gasteiger partial charge in [0, 0.05) is 4.88 Å². The van der Waals surface area contributed by atoms with Crippen LogP contribution < -0.4 is 5.32 Å². The van der Waals surface area contributed by atoms with Gasteiger partial charge in [-0.1, -0.05) is 27.7 Å². The fourth-order valence-electron chi connectivity index (χ4n) is 2.44. The molecule has 1 aromatic heterocycles. The predicted molar refractivity (Wildman–Crippen MR) is 81.3 cm³/mol. The van der Waals surface area contributed by atoms with Gasteiger partial charge in [0.1, 0.15) is 5.01 Å². The third-order valence-corrected chi connectivity index (χ3v) is 4.56. The molecule has 1 unspecified atom stereocenters. The average Bonchev–Trinajstić information content (AvgIpc) is 2.67. The lowest BCUT2D eigenvalue weighted by molar-refractivity contribution is 0.297. The van der Waals surface area contributed by atoms with Gasteiger partial charge in [0.15, 0.2) is 0 Å². The molecule has 1 N–H and O–H groups in total. The first-order valence-electron chi connectivity index (χ1n) is 7.14. The Morgan fingerprint density at radius 3 is 2.44 bits per heavy atom. The summed E-state index contributed by atoms with van der Waals surface area (Å²) in [5.41, 5.74) is 1.30. The molecule has 1 rings (SSSR count). The van der Waals surface area contributed by atoms with Crippen LogP contribution in [0.3, 0.4) is 0 Å². The van der Waals surface area contributed by atoms with Crippen molar-refractivity contribution >= 4 is 11.3 Å². The van der Waals surface area contributed by atoms with Crippen LogP contribution in [0.25, 0.3) is 0 Å². The van der Waals surface area contributed by atoms with E-state index in [0.717, 1.165) is 19.4 Å². The molecule has 0 spiro atoms. The molecule has 0 aliphatic heterocycles. The maximum Gasteiger partial charge on any atom is 0.113 e. The molecule has 2 nitrogen and oxygen atoms in total. The van der Waals surface area contributed by atoms with E-state index in [2.05, 4.69) is 46.9 Å². The summed E-state index contributed by atoms with van der Waals surface area (Å²) in [6, 6.07) is 0. The SMILES string of the molecule is CCCNC(C)(CC(C)C)c1nc(CC)c(C)s1. The number of aryl methyl sites for hydroxylation is 2. The van der Waals surface area contributed by atoms with E-state index in [1.54, 1.807) is 0 Å². The van der Waals surface area contributed by atoms with Crippen LogP contribution >= 0.6 is 11.3 Å². The molecule has 0 fully saturated rings. The van der Waals surface area contributed by atoms with Crippen molar-refractivity contribution in [3.63, 3.8) is 0 Å². The lowest BCUT2D eigenvalue weighted by atomic mass is 9.91. The lowest BCUT2D eigenvalue weighted by Gasteiger charge is -2.30. The van der Waals surface area contributed by atoms with Crippen LogP contribution in [-0.4, -0.2) is 11.5 Å². The molecule has 0 aromatic carbocycles. The van der Waals surface area contributed by atoms with E-state index in [-0.39, 0.29) is 5.54 Å². The topological polar surface area (TPSA) is 24.9 Å². The Balaban J connectivity index is 2.99. The summed E-state index contributed by atoms with van der Waals surface area (Å²) in [6.45, 7) is 14.5. The predicted octanol–water partition coefficient (Wildman–Crippen LogP) is 4.27. The summed E-state index contributed by atoms with van der Waals surface area (Å²) < 4.78 is 0. The van der Waals surface area contributed by atoms with E-state index in [1.165, 1.54) is 22.0 Å². The third kappa shape index (κ3) is 3.79. The van der Waals surface area contributed by atoms with Crippen LogP contribution in [0.2, 0.25) is 0 Å². The molecule has 104 valence electrons. The standard InChI is InChI=1S/C15H28N2S/c1-7-9-16-15(6,10-11(3)4)14-17-13(8-2)12(5)18-14/h11,16H,7-10H2,1-6H3. The Morgan fingerprint density at radius 2 is 2.00 bits per heavy atom. The van der Waals surface area contributed by atoms with Gasteiger partial charge in [0.25, 0.3) is 0 Å². The monoisotopic (exact) mass is 268 g/mol. The molecule has 1 aromatic rings. The van der Waals surface area contributed by atoms with Crippen LogP contribution in [0.1, 0.15) is 63.0 Å². The van der Waals surface area contributed by atoms with Gasteiger partial charge < -0.3 is 5.32 Å². The van der Waals surface area contributed by atoms with Crippen LogP contribution in [0, 0.1) is 12.8 Å². The molecule has 0 aliphatic rings. The summed E-state index contributed by atoms with van der Waals surface area (Å²) in [5, 5.41) is 4.97. The van der Waals surface area contributed by atoms with Gasteiger partial charge in [-0.15, -0.1) is 11.3 Å². The van der Waals surface area contributed by atoms with E-state index < -0.39 is 0 Å². The highest BCUT2D eigenvalue weighted by atomic mass is 32.1. The van der Waals surface area contributed by atoms with Crippen LogP contribution in [0.15, 0.2) is 0 Å². The van der Waals surface area contributed by atoms with Gasteiger partial charge in [-0.05, 0) is 45.6 Å². The minimum absolute atomic E-state index is 0.0347. The first-order chi connectivity index (χ1) is 8.42. The molecule has 1 heterocycles. The van der Waals surface area contributed by atoms with Gasteiger partial charge in [0.05, 0.1) is 11.2 Å². The Hall–Kier alpha value is -0.410. The number of hydrogen-bond acceptors (Lipinski definition) is 3. The van der Waals surface area contributed by atoms with Crippen molar-refractivity contribution in [1.82, 2.24) is 10.3 Å².